The molecule has 39 heavy (non-hydrogen) atoms. The van der Waals surface area contributed by atoms with Gasteiger partial charge < -0.3 is 14.4 Å². The first-order valence-electron chi connectivity index (χ1n) is 13.4. The molecule has 8 nitrogen and oxygen atoms in total. The van der Waals surface area contributed by atoms with Crippen LogP contribution in [0.4, 0.5) is 10.6 Å². The lowest BCUT2D eigenvalue weighted by molar-refractivity contribution is -0.137. The molecule has 1 amide bonds. The highest BCUT2D eigenvalue weighted by molar-refractivity contribution is 5.88. The van der Waals surface area contributed by atoms with E-state index >= 15 is 0 Å². The Morgan fingerprint density at radius 3 is 2.67 bits per heavy atom. The van der Waals surface area contributed by atoms with Crippen LogP contribution in [0.1, 0.15) is 62.0 Å². The lowest BCUT2D eigenvalue weighted by Crippen LogP contribution is -2.40. The van der Waals surface area contributed by atoms with Gasteiger partial charge in [0.15, 0.2) is 0 Å². The third kappa shape index (κ3) is 5.95. The molecular weight excluding hydrogens is 492 g/mol. The van der Waals surface area contributed by atoms with Gasteiger partial charge in [-0.2, -0.15) is 0 Å². The largest absolute Gasteiger partial charge is 0.481 e. The van der Waals surface area contributed by atoms with Gasteiger partial charge in [-0.15, -0.1) is 0 Å². The van der Waals surface area contributed by atoms with Crippen molar-refractivity contribution in [2.45, 2.75) is 64.5 Å². The predicted octanol–water partition coefficient (Wildman–Crippen LogP) is 5.97. The number of aryl methyl sites for hydroxylation is 3. The van der Waals surface area contributed by atoms with E-state index in [0.717, 1.165) is 52.5 Å². The van der Waals surface area contributed by atoms with Gasteiger partial charge in [0.05, 0.1) is 12.5 Å². The topological polar surface area (TPSA) is 97.5 Å². The van der Waals surface area contributed by atoms with E-state index in [4.69, 9.17) is 9.72 Å². The molecule has 0 saturated carbocycles. The number of aliphatic carboxylic acids is 1. The van der Waals surface area contributed by atoms with E-state index in [9.17, 15) is 14.7 Å². The molecule has 0 radical (unpaired) electrons. The molecule has 5 rings (SSSR count). The smallest absolute Gasteiger partial charge is 0.416 e. The maximum absolute atomic E-state index is 12.9. The molecule has 0 aliphatic carbocycles. The van der Waals surface area contributed by atoms with Gasteiger partial charge in [-0.05, 0) is 87.4 Å². The number of carboxylic acid groups (broad SMARTS) is 1. The molecule has 1 aromatic carbocycles. The zero-order valence-electron chi connectivity index (χ0n) is 22.6. The first kappa shape index (κ1) is 26.4. The highest BCUT2D eigenvalue weighted by Crippen LogP contribution is 2.31. The van der Waals surface area contributed by atoms with E-state index in [-0.39, 0.29) is 18.6 Å². The third-order valence-electron chi connectivity index (χ3n) is 6.99. The summed E-state index contributed by atoms with van der Waals surface area (Å²) in [4.78, 5) is 35.3. The molecule has 202 valence electrons. The lowest BCUT2D eigenvalue weighted by Gasteiger charge is -2.31. The Balaban J connectivity index is 1.39. The Morgan fingerprint density at radius 1 is 1.08 bits per heavy atom. The maximum Gasteiger partial charge on any atom is 0.416 e. The molecule has 1 aliphatic heterocycles. The van der Waals surface area contributed by atoms with Crippen LogP contribution in [0.2, 0.25) is 0 Å². The first-order valence-corrected chi connectivity index (χ1v) is 13.4. The second-order valence-corrected chi connectivity index (χ2v) is 11.0. The quantitative estimate of drug-likeness (QED) is 0.319. The van der Waals surface area contributed by atoms with Gasteiger partial charge in [0.2, 0.25) is 0 Å². The summed E-state index contributed by atoms with van der Waals surface area (Å²) >= 11 is 0. The number of benzene rings is 1. The number of amides is 1. The number of carbonyl (C=O) groups excluding carboxylic acids is 1. The summed E-state index contributed by atoms with van der Waals surface area (Å²) in [5.74, 6) is -0.161. The summed E-state index contributed by atoms with van der Waals surface area (Å²) < 4.78 is 7.66. The molecule has 0 fully saturated rings. The first-order chi connectivity index (χ1) is 18.7. The second kappa shape index (κ2) is 10.9. The van der Waals surface area contributed by atoms with Crippen molar-refractivity contribution in [2.75, 3.05) is 11.4 Å². The fourth-order valence-corrected chi connectivity index (χ4v) is 5.23. The molecule has 1 N–H and O–H groups in total. The SMILES string of the molecule is CC(C)(C)OC(=O)N1CCCc2ccc(CCc3cccc4c3ccn4C(CC(=O)O)c3cccnc3)nc21. The van der Waals surface area contributed by atoms with E-state index in [1.54, 1.807) is 17.3 Å². The number of carboxylic acids is 1. The zero-order chi connectivity index (χ0) is 27.6. The number of hydrogen-bond acceptors (Lipinski definition) is 5. The standard InChI is InChI=1S/C31H34N4O4/c1-31(2,3)39-30(38)35-17-6-9-22-12-14-24(33-29(22)35)13-11-21-7-4-10-26-25(21)15-18-34(26)27(19-28(36)37)23-8-5-16-32-20-23/h4-5,7-8,10,12,14-16,18,20,27H,6,9,11,13,17,19H2,1-3H3,(H,36,37). The van der Waals surface area contributed by atoms with E-state index in [0.29, 0.717) is 18.8 Å². The van der Waals surface area contributed by atoms with Gasteiger partial charge in [0.1, 0.15) is 11.4 Å². The monoisotopic (exact) mass is 526 g/mol. The van der Waals surface area contributed by atoms with Crippen molar-refractivity contribution in [3.63, 3.8) is 0 Å². The van der Waals surface area contributed by atoms with Crippen LogP contribution in [0.15, 0.2) is 67.1 Å². The number of rotatable bonds is 7. The Hall–Kier alpha value is -4.20. The summed E-state index contributed by atoms with van der Waals surface area (Å²) in [6, 6.07) is 15.7. The van der Waals surface area contributed by atoms with Crippen molar-refractivity contribution in [3.8, 4) is 0 Å². The highest BCUT2D eigenvalue weighted by Gasteiger charge is 2.28. The molecule has 1 unspecified atom stereocenters. The molecule has 8 heteroatoms. The normalized spacial score (nSPS) is 14.2. The lowest BCUT2D eigenvalue weighted by atomic mass is 10.0. The molecule has 4 aromatic rings. The average Bonchev–Trinajstić information content (AvgIpc) is 3.34. The van der Waals surface area contributed by atoms with Crippen LogP contribution in [-0.4, -0.2) is 43.8 Å². The summed E-state index contributed by atoms with van der Waals surface area (Å²) in [5.41, 5.74) is 4.42. The van der Waals surface area contributed by atoms with Crippen LogP contribution in [0.5, 0.6) is 0 Å². The van der Waals surface area contributed by atoms with Gasteiger partial charge in [-0.3, -0.25) is 14.7 Å². The number of fused-ring (bicyclic) bond motifs is 2. The molecule has 1 atom stereocenters. The van der Waals surface area contributed by atoms with Crippen LogP contribution in [-0.2, 0) is 28.8 Å². The number of hydrogen-bond donors (Lipinski definition) is 1. The fourth-order valence-electron chi connectivity index (χ4n) is 5.23. The van der Waals surface area contributed by atoms with E-state index < -0.39 is 11.6 Å². The number of nitrogens with zero attached hydrogens (tertiary/aromatic N) is 4. The minimum atomic E-state index is -0.860. The van der Waals surface area contributed by atoms with Gasteiger partial charge in [0, 0.05) is 41.7 Å². The summed E-state index contributed by atoms with van der Waals surface area (Å²) in [7, 11) is 0. The van der Waals surface area contributed by atoms with E-state index in [1.807, 2.05) is 61.9 Å². The molecule has 0 saturated heterocycles. The summed E-state index contributed by atoms with van der Waals surface area (Å²) in [5, 5.41) is 10.7. The maximum atomic E-state index is 12.9. The molecular formula is C31H34N4O4. The van der Waals surface area contributed by atoms with Crippen molar-refractivity contribution < 1.29 is 19.4 Å². The number of aromatic nitrogens is 3. The number of anilines is 1. The van der Waals surface area contributed by atoms with Gasteiger partial charge in [-0.25, -0.2) is 9.78 Å². The Bertz CT molecular complexity index is 1490. The van der Waals surface area contributed by atoms with Crippen LogP contribution >= 0.6 is 0 Å². The van der Waals surface area contributed by atoms with Crippen molar-refractivity contribution in [3.05, 3.63) is 89.5 Å². The fraction of sp³-hybridized carbons (Fsp3) is 0.355. The van der Waals surface area contributed by atoms with Crippen LogP contribution in [0, 0.1) is 0 Å². The Labute approximate surface area is 228 Å². The predicted molar refractivity (Wildman–Crippen MR) is 150 cm³/mol. The molecule has 3 aromatic heterocycles. The van der Waals surface area contributed by atoms with Gasteiger partial charge in [-0.1, -0.05) is 24.3 Å². The zero-order valence-corrected chi connectivity index (χ0v) is 22.6. The summed E-state index contributed by atoms with van der Waals surface area (Å²) in [6.45, 7) is 6.20. The average molecular weight is 527 g/mol. The Kier molecular flexibility index (Phi) is 7.37. The van der Waals surface area contributed by atoms with Crippen molar-refractivity contribution in [1.29, 1.82) is 0 Å². The number of carbonyl (C=O) groups is 2. The minimum absolute atomic E-state index is 0.0348. The van der Waals surface area contributed by atoms with E-state index in [2.05, 4.69) is 23.2 Å². The van der Waals surface area contributed by atoms with Crippen molar-refractivity contribution >= 4 is 28.8 Å². The number of pyridine rings is 2. The van der Waals surface area contributed by atoms with Crippen LogP contribution in [0.3, 0.4) is 0 Å². The Morgan fingerprint density at radius 2 is 1.92 bits per heavy atom. The van der Waals surface area contributed by atoms with Crippen molar-refractivity contribution in [2.24, 2.45) is 0 Å². The van der Waals surface area contributed by atoms with E-state index in [1.165, 1.54) is 0 Å². The summed E-state index contributed by atoms with van der Waals surface area (Å²) in [6.07, 6.45) is 8.23. The minimum Gasteiger partial charge on any atom is -0.481 e. The third-order valence-corrected chi connectivity index (χ3v) is 6.99. The van der Waals surface area contributed by atoms with Gasteiger partial charge in [0.25, 0.3) is 0 Å². The van der Waals surface area contributed by atoms with Crippen LogP contribution in [0.25, 0.3) is 10.9 Å². The van der Waals surface area contributed by atoms with Crippen molar-refractivity contribution in [1.82, 2.24) is 14.5 Å². The molecule has 0 bridgehead atoms. The second-order valence-electron chi connectivity index (χ2n) is 11.0. The van der Waals surface area contributed by atoms with Gasteiger partial charge >= 0.3 is 12.1 Å². The van der Waals surface area contributed by atoms with Crippen LogP contribution < -0.4 is 4.90 Å². The molecule has 0 spiro atoms. The molecule has 4 heterocycles. The number of ether oxygens (including phenoxy) is 1. The molecule has 1 aliphatic rings. The highest BCUT2D eigenvalue weighted by atomic mass is 16.6.